The lowest BCUT2D eigenvalue weighted by atomic mass is 9.91. The van der Waals surface area contributed by atoms with Gasteiger partial charge >= 0.3 is 0 Å². The molecule has 1 unspecified atom stereocenters. The lowest BCUT2D eigenvalue weighted by molar-refractivity contribution is 0.0234. The maximum absolute atomic E-state index is 9.83. The summed E-state index contributed by atoms with van der Waals surface area (Å²) in [5.74, 6) is 0. The van der Waals surface area contributed by atoms with Crippen LogP contribution in [0.5, 0.6) is 0 Å². The largest absolute Gasteiger partial charge is 0.390 e. The lowest BCUT2D eigenvalue weighted by Crippen LogP contribution is -2.25. The maximum Gasteiger partial charge on any atom is 0.0619 e. The van der Waals surface area contributed by atoms with E-state index in [0.717, 1.165) is 32.1 Å². The second-order valence-electron chi connectivity index (χ2n) is 4.91. The molecular weight excluding hydrogens is 164 g/mol. The fourth-order valence-corrected chi connectivity index (χ4v) is 1.57. The highest BCUT2D eigenvalue weighted by molar-refractivity contribution is 4.74. The molecule has 0 aliphatic carbocycles. The van der Waals surface area contributed by atoms with E-state index in [1.807, 2.05) is 20.8 Å². The van der Waals surface area contributed by atoms with Crippen molar-refractivity contribution in [2.45, 2.75) is 71.0 Å². The van der Waals surface area contributed by atoms with Gasteiger partial charge in [-0.15, -0.1) is 0 Å². The van der Waals surface area contributed by atoms with Gasteiger partial charge in [0.1, 0.15) is 0 Å². The molecule has 0 aromatic heterocycles. The highest BCUT2D eigenvalue weighted by Gasteiger charge is 2.20. The number of rotatable bonds is 6. The zero-order valence-electron chi connectivity index (χ0n) is 9.43. The molecule has 0 radical (unpaired) electrons. The minimum Gasteiger partial charge on any atom is -0.390 e. The van der Waals surface area contributed by atoms with Crippen LogP contribution < -0.4 is 0 Å². The summed E-state index contributed by atoms with van der Waals surface area (Å²) in [6, 6.07) is 0. The van der Waals surface area contributed by atoms with Crippen LogP contribution in [0.4, 0.5) is 0 Å². The fraction of sp³-hybridized carbons (Fsp3) is 1.00. The highest BCUT2D eigenvalue weighted by atomic mass is 16.3. The standard InChI is InChI=1S/C11H24O2/c1-5-7-11(4,13)9-6-8-10(2,3)12/h12-13H,5-9H2,1-4H3. The molecule has 0 saturated heterocycles. The van der Waals surface area contributed by atoms with E-state index in [2.05, 4.69) is 6.92 Å². The average Bonchev–Trinajstić information content (AvgIpc) is 1.82. The number of hydrogen-bond acceptors (Lipinski definition) is 2. The van der Waals surface area contributed by atoms with Gasteiger partial charge in [0.15, 0.2) is 0 Å². The summed E-state index contributed by atoms with van der Waals surface area (Å²) in [5, 5.41) is 19.3. The van der Waals surface area contributed by atoms with Crippen LogP contribution >= 0.6 is 0 Å². The van der Waals surface area contributed by atoms with E-state index in [9.17, 15) is 10.2 Å². The van der Waals surface area contributed by atoms with Gasteiger partial charge in [-0.05, 0) is 46.5 Å². The molecule has 0 bridgehead atoms. The Hall–Kier alpha value is -0.0800. The van der Waals surface area contributed by atoms with E-state index < -0.39 is 11.2 Å². The third kappa shape index (κ3) is 8.26. The van der Waals surface area contributed by atoms with Crippen molar-refractivity contribution in [1.29, 1.82) is 0 Å². The molecule has 2 heteroatoms. The minimum atomic E-state index is -0.595. The lowest BCUT2D eigenvalue weighted by Gasteiger charge is -2.24. The quantitative estimate of drug-likeness (QED) is 0.672. The smallest absolute Gasteiger partial charge is 0.0619 e. The third-order valence-corrected chi connectivity index (χ3v) is 2.29. The molecule has 1 atom stereocenters. The van der Waals surface area contributed by atoms with Gasteiger partial charge in [0.25, 0.3) is 0 Å². The van der Waals surface area contributed by atoms with Crippen LogP contribution in [-0.4, -0.2) is 21.4 Å². The van der Waals surface area contributed by atoms with Crippen LogP contribution in [0, 0.1) is 0 Å². The Bertz CT molecular complexity index is 134. The molecule has 0 aromatic carbocycles. The van der Waals surface area contributed by atoms with Gasteiger partial charge in [0.05, 0.1) is 11.2 Å². The Labute approximate surface area is 82.0 Å². The summed E-state index contributed by atoms with van der Waals surface area (Å²) >= 11 is 0. The van der Waals surface area contributed by atoms with E-state index in [1.165, 1.54) is 0 Å². The minimum absolute atomic E-state index is 0.542. The summed E-state index contributed by atoms with van der Waals surface area (Å²) in [7, 11) is 0. The summed E-state index contributed by atoms with van der Waals surface area (Å²) in [6.45, 7) is 7.56. The van der Waals surface area contributed by atoms with Crippen LogP contribution in [0.3, 0.4) is 0 Å². The topological polar surface area (TPSA) is 40.5 Å². The van der Waals surface area contributed by atoms with E-state index in [1.54, 1.807) is 0 Å². The normalized spacial score (nSPS) is 17.1. The molecule has 0 spiro atoms. The molecule has 0 aromatic rings. The Kier molecular flexibility index (Phi) is 4.93. The zero-order chi connectivity index (χ0) is 10.5. The molecule has 0 aliphatic rings. The van der Waals surface area contributed by atoms with Gasteiger partial charge in [-0.25, -0.2) is 0 Å². The van der Waals surface area contributed by atoms with Crippen LogP contribution in [0.25, 0.3) is 0 Å². The van der Waals surface area contributed by atoms with E-state index in [4.69, 9.17) is 0 Å². The van der Waals surface area contributed by atoms with Crippen molar-refractivity contribution in [3.8, 4) is 0 Å². The average molecular weight is 188 g/mol. The summed E-state index contributed by atoms with van der Waals surface area (Å²) < 4.78 is 0. The van der Waals surface area contributed by atoms with Crippen LogP contribution in [-0.2, 0) is 0 Å². The van der Waals surface area contributed by atoms with Crippen molar-refractivity contribution in [3.63, 3.8) is 0 Å². The molecule has 0 rings (SSSR count). The highest BCUT2D eigenvalue weighted by Crippen LogP contribution is 2.22. The van der Waals surface area contributed by atoms with Crippen LogP contribution in [0.2, 0.25) is 0 Å². The predicted octanol–water partition coefficient (Wildman–Crippen LogP) is 2.48. The van der Waals surface area contributed by atoms with E-state index in [0.29, 0.717) is 0 Å². The van der Waals surface area contributed by atoms with Gasteiger partial charge < -0.3 is 10.2 Å². The number of aliphatic hydroxyl groups is 2. The Morgan fingerprint density at radius 1 is 0.923 bits per heavy atom. The van der Waals surface area contributed by atoms with Crippen LogP contribution in [0.15, 0.2) is 0 Å². The summed E-state index contributed by atoms with van der Waals surface area (Å²) in [4.78, 5) is 0. The van der Waals surface area contributed by atoms with Crippen molar-refractivity contribution in [3.05, 3.63) is 0 Å². The first-order chi connectivity index (χ1) is 5.77. The number of hydrogen-bond donors (Lipinski definition) is 2. The van der Waals surface area contributed by atoms with Gasteiger partial charge in [-0.1, -0.05) is 13.3 Å². The first-order valence-corrected chi connectivity index (χ1v) is 5.21. The molecule has 0 fully saturated rings. The van der Waals surface area contributed by atoms with Crippen molar-refractivity contribution in [1.82, 2.24) is 0 Å². The molecule has 2 N–H and O–H groups in total. The van der Waals surface area contributed by atoms with Crippen molar-refractivity contribution >= 4 is 0 Å². The molecule has 0 amide bonds. The first kappa shape index (κ1) is 12.9. The Balaban J connectivity index is 3.63. The maximum atomic E-state index is 9.83. The van der Waals surface area contributed by atoms with Crippen molar-refractivity contribution in [2.75, 3.05) is 0 Å². The molecule has 0 aliphatic heterocycles. The Morgan fingerprint density at radius 2 is 1.46 bits per heavy atom. The first-order valence-electron chi connectivity index (χ1n) is 5.21. The van der Waals surface area contributed by atoms with E-state index >= 15 is 0 Å². The van der Waals surface area contributed by atoms with Gasteiger partial charge in [-0.3, -0.25) is 0 Å². The van der Waals surface area contributed by atoms with Gasteiger partial charge in [0.2, 0.25) is 0 Å². The second-order valence-corrected chi connectivity index (χ2v) is 4.91. The van der Waals surface area contributed by atoms with Crippen molar-refractivity contribution in [2.24, 2.45) is 0 Å². The molecule has 0 saturated carbocycles. The predicted molar refractivity (Wildman–Crippen MR) is 55.7 cm³/mol. The van der Waals surface area contributed by atoms with Crippen molar-refractivity contribution < 1.29 is 10.2 Å². The molecule has 80 valence electrons. The van der Waals surface area contributed by atoms with Crippen LogP contribution in [0.1, 0.15) is 59.8 Å². The molecule has 0 heterocycles. The third-order valence-electron chi connectivity index (χ3n) is 2.29. The van der Waals surface area contributed by atoms with Gasteiger partial charge in [0, 0.05) is 0 Å². The molecular formula is C11H24O2. The fourth-order valence-electron chi connectivity index (χ4n) is 1.57. The molecule has 2 nitrogen and oxygen atoms in total. The monoisotopic (exact) mass is 188 g/mol. The Morgan fingerprint density at radius 3 is 1.85 bits per heavy atom. The summed E-state index contributed by atoms with van der Waals surface area (Å²) in [6.07, 6.45) is 4.28. The van der Waals surface area contributed by atoms with E-state index in [-0.39, 0.29) is 0 Å². The SMILES string of the molecule is CCCC(C)(O)CCCC(C)(C)O. The zero-order valence-corrected chi connectivity index (χ0v) is 9.43. The molecule has 13 heavy (non-hydrogen) atoms. The summed E-state index contributed by atoms with van der Waals surface area (Å²) in [5.41, 5.74) is -1.14. The van der Waals surface area contributed by atoms with Gasteiger partial charge in [-0.2, -0.15) is 0 Å². The second kappa shape index (κ2) is 4.97.